The highest BCUT2D eigenvalue weighted by Gasteiger charge is 2.12. The molecule has 0 fully saturated rings. The van der Waals surface area contributed by atoms with Gasteiger partial charge in [-0.2, -0.15) is 0 Å². The molecule has 3 nitrogen and oxygen atoms in total. The lowest BCUT2D eigenvalue weighted by Gasteiger charge is -2.07. The third-order valence-electron chi connectivity index (χ3n) is 2.22. The highest BCUT2D eigenvalue weighted by Crippen LogP contribution is 2.29. The molecule has 1 N–H and O–H groups in total. The van der Waals surface area contributed by atoms with Crippen molar-refractivity contribution >= 4 is 44.8 Å². The Labute approximate surface area is 121 Å². The number of thiophene rings is 1. The summed E-state index contributed by atoms with van der Waals surface area (Å²) in [5.41, 5.74) is 0.645. The Kier molecular flexibility index (Phi) is 4.27. The number of aromatic carboxylic acids is 1. The van der Waals surface area contributed by atoms with Crippen LogP contribution in [0.1, 0.15) is 15.2 Å². The summed E-state index contributed by atoms with van der Waals surface area (Å²) in [5.74, 6) is -0.409. The number of ether oxygens (including phenoxy) is 1. The molecule has 1 heterocycles. The molecule has 0 atom stereocenters. The summed E-state index contributed by atoms with van der Waals surface area (Å²) in [6.07, 6.45) is 0. The number of hydrogen-bond acceptors (Lipinski definition) is 3. The van der Waals surface area contributed by atoms with Crippen LogP contribution >= 0.6 is 38.9 Å². The number of carboxylic acid groups (broad SMARTS) is 1. The molecule has 1 aromatic carbocycles. The molecule has 0 aliphatic rings. The Hall–Kier alpha value is -1.04. The Morgan fingerprint density at radius 1 is 1.44 bits per heavy atom. The first-order valence-corrected chi connectivity index (χ1v) is 7.00. The lowest BCUT2D eigenvalue weighted by Crippen LogP contribution is -2.01. The molecule has 0 unspecified atom stereocenters. The number of benzene rings is 1. The summed E-state index contributed by atoms with van der Waals surface area (Å²) in [5, 5.41) is 11.2. The van der Waals surface area contributed by atoms with E-state index >= 15 is 0 Å². The third-order valence-corrected chi connectivity index (χ3v) is 3.95. The first kappa shape index (κ1) is 13.4. The predicted octanol–water partition coefficient (Wildman–Crippen LogP) is 4.44. The number of hydrogen-bond donors (Lipinski definition) is 1. The molecule has 0 saturated heterocycles. The summed E-state index contributed by atoms with van der Waals surface area (Å²) in [4.78, 5) is 11.2. The summed E-state index contributed by atoms with van der Waals surface area (Å²) in [7, 11) is 0. The van der Waals surface area contributed by atoms with E-state index in [4.69, 9.17) is 21.4 Å². The van der Waals surface area contributed by atoms with Crippen molar-refractivity contribution in [2.45, 2.75) is 6.61 Å². The van der Waals surface area contributed by atoms with Gasteiger partial charge in [0, 0.05) is 10.0 Å². The third kappa shape index (κ3) is 3.04. The van der Waals surface area contributed by atoms with Crippen LogP contribution in [-0.4, -0.2) is 11.1 Å². The van der Waals surface area contributed by atoms with Gasteiger partial charge < -0.3 is 9.84 Å². The molecule has 0 radical (unpaired) electrons. The predicted molar refractivity (Wildman–Crippen MR) is 74.8 cm³/mol. The second-order valence-corrected chi connectivity index (χ2v) is 5.68. The van der Waals surface area contributed by atoms with E-state index in [2.05, 4.69) is 15.9 Å². The van der Waals surface area contributed by atoms with Gasteiger partial charge in [0.1, 0.15) is 17.2 Å². The molecular formula is C12H8BrClO3S. The van der Waals surface area contributed by atoms with Gasteiger partial charge in [-0.05, 0) is 29.6 Å². The maximum absolute atomic E-state index is 10.9. The smallest absolute Gasteiger partial charge is 0.346 e. The van der Waals surface area contributed by atoms with Crippen LogP contribution in [0.5, 0.6) is 5.75 Å². The fraction of sp³-hybridized carbons (Fsp3) is 0.0833. The van der Waals surface area contributed by atoms with Gasteiger partial charge >= 0.3 is 5.97 Å². The summed E-state index contributed by atoms with van der Waals surface area (Å²) >= 11 is 10.5. The van der Waals surface area contributed by atoms with Crippen LogP contribution < -0.4 is 4.74 Å². The van der Waals surface area contributed by atoms with Gasteiger partial charge in [0.15, 0.2) is 0 Å². The van der Waals surface area contributed by atoms with Crippen molar-refractivity contribution in [1.29, 1.82) is 0 Å². The fourth-order valence-corrected chi connectivity index (χ4v) is 2.86. The van der Waals surface area contributed by atoms with Gasteiger partial charge in [-0.1, -0.05) is 27.5 Å². The molecule has 0 saturated carbocycles. The SMILES string of the molecule is O=C(O)c1sccc1COc1ccc(Br)cc1Cl. The zero-order valence-corrected chi connectivity index (χ0v) is 12.2. The van der Waals surface area contributed by atoms with Gasteiger partial charge in [0.05, 0.1) is 5.02 Å². The van der Waals surface area contributed by atoms with Gasteiger partial charge in [-0.15, -0.1) is 11.3 Å². The molecule has 6 heteroatoms. The normalized spacial score (nSPS) is 10.3. The highest BCUT2D eigenvalue weighted by atomic mass is 79.9. The van der Waals surface area contributed by atoms with E-state index in [1.165, 1.54) is 11.3 Å². The molecule has 0 amide bonds. The molecule has 0 spiro atoms. The van der Waals surface area contributed by atoms with Gasteiger partial charge in [0.25, 0.3) is 0 Å². The maximum Gasteiger partial charge on any atom is 0.346 e. The van der Waals surface area contributed by atoms with Crippen LogP contribution in [0, 0.1) is 0 Å². The van der Waals surface area contributed by atoms with E-state index in [9.17, 15) is 4.79 Å². The van der Waals surface area contributed by atoms with Crippen LogP contribution in [0.3, 0.4) is 0 Å². The number of carbonyl (C=O) groups is 1. The average Bonchev–Trinajstić information content (AvgIpc) is 2.76. The van der Waals surface area contributed by atoms with Crippen molar-refractivity contribution < 1.29 is 14.6 Å². The molecule has 2 aromatic rings. The molecule has 0 aliphatic heterocycles. The van der Waals surface area contributed by atoms with Crippen LogP contribution in [0.15, 0.2) is 34.1 Å². The number of rotatable bonds is 4. The van der Waals surface area contributed by atoms with Gasteiger partial charge in [-0.3, -0.25) is 0 Å². The molecule has 1 aromatic heterocycles. The van der Waals surface area contributed by atoms with Crippen LogP contribution in [0.2, 0.25) is 5.02 Å². The molecule has 94 valence electrons. The van der Waals surface area contributed by atoms with Crippen molar-refractivity contribution in [1.82, 2.24) is 0 Å². The molecule has 0 aliphatic carbocycles. The molecule has 18 heavy (non-hydrogen) atoms. The van der Waals surface area contributed by atoms with E-state index in [1.807, 2.05) is 6.07 Å². The van der Waals surface area contributed by atoms with Crippen LogP contribution in [0.25, 0.3) is 0 Å². The van der Waals surface area contributed by atoms with E-state index in [0.717, 1.165) is 4.47 Å². The Morgan fingerprint density at radius 3 is 2.89 bits per heavy atom. The average molecular weight is 348 g/mol. The van der Waals surface area contributed by atoms with Crippen molar-refractivity contribution in [2.75, 3.05) is 0 Å². The number of carboxylic acids is 1. The second kappa shape index (κ2) is 5.73. The molecule has 2 rings (SSSR count). The van der Waals surface area contributed by atoms with E-state index < -0.39 is 5.97 Å². The van der Waals surface area contributed by atoms with Crippen LogP contribution in [0.4, 0.5) is 0 Å². The largest absolute Gasteiger partial charge is 0.487 e. The lowest BCUT2D eigenvalue weighted by atomic mass is 10.2. The van der Waals surface area contributed by atoms with Crippen LogP contribution in [-0.2, 0) is 6.61 Å². The van der Waals surface area contributed by atoms with Gasteiger partial charge in [-0.25, -0.2) is 4.79 Å². The first-order valence-electron chi connectivity index (χ1n) is 4.95. The zero-order valence-electron chi connectivity index (χ0n) is 9.02. The Bertz CT molecular complexity index is 582. The maximum atomic E-state index is 10.9. The van der Waals surface area contributed by atoms with E-state index in [0.29, 0.717) is 21.2 Å². The molecule has 0 bridgehead atoms. The first-order chi connectivity index (χ1) is 8.58. The highest BCUT2D eigenvalue weighted by molar-refractivity contribution is 9.10. The minimum absolute atomic E-state index is 0.187. The zero-order chi connectivity index (χ0) is 13.1. The molecular weight excluding hydrogens is 340 g/mol. The van der Waals surface area contributed by atoms with Crippen molar-refractivity contribution in [3.05, 3.63) is 49.6 Å². The Morgan fingerprint density at radius 2 is 2.22 bits per heavy atom. The summed E-state index contributed by atoms with van der Waals surface area (Å²) in [6.45, 7) is 0.187. The van der Waals surface area contributed by atoms with Crippen molar-refractivity contribution in [3.63, 3.8) is 0 Å². The quantitative estimate of drug-likeness (QED) is 0.889. The lowest BCUT2D eigenvalue weighted by molar-refractivity contribution is 0.0699. The number of halogens is 2. The monoisotopic (exact) mass is 346 g/mol. The van der Waals surface area contributed by atoms with Crippen molar-refractivity contribution in [3.8, 4) is 5.75 Å². The van der Waals surface area contributed by atoms with Crippen molar-refractivity contribution in [2.24, 2.45) is 0 Å². The minimum atomic E-state index is -0.939. The van der Waals surface area contributed by atoms with E-state index in [1.54, 1.807) is 23.6 Å². The van der Waals surface area contributed by atoms with E-state index in [-0.39, 0.29) is 6.61 Å². The van der Waals surface area contributed by atoms with Gasteiger partial charge in [0.2, 0.25) is 0 Å². The summed E-state index contributed by atoms with van der Waals surface area (Å²) < 4.78 is 6.38. The standard InChI is InChI=1S/C12H8BrClO3S/c13-8-1-2-10(9(14)5-8)17-6-7-3-4-18-11(7)12(15)16/h1-5H,6H2,(H,15,16). The Balaban J connectivity index is 2.11. The fourth-order valence-electron chi connectivity index (χ4n) is 1.38. The topological polar surface area (TPSA) is 46.5 Å². The second-order valence-electron chi connectivity index (χ2n) is 3.44. The summed E-state index contributed by atoms with van der Waals surface area (Å²) in [6, 6.07) is 7.01. The minimum Gasteiger partial charge on any atom is -0.487 e.